The first-order valence-electron chi connectivity index (χ1n) is 8.70. The lowest BCUT2D eigenvalue weighted by atomic mass is 9.77. The zero-order chi connectivity index (χ0) is 17.1. The summed E-state index contributed by atoms with van der Waals surface area (Å²) < 4.78 is 5.89. The SMILES string of the molecule is O=C1NC[C@@H](COc2cccnc2)[C@]12CCN(Cc1ccccn1)C2. The van der Waals surface area contributed by atoms with Crippen molar-refractivity contribution < 1.29 is 9.53 Å². The molecule has 4 rings (SSSR count). The molecule has 0 aromatic carbocycles. The summed E-state index contributed by atoms with van der Waals surface area (Å²) >= 11 is 0. The third-order valence-electron chi connectivity index (χ3n) is 5.32. The molecule has 0 aliphatic carbocycles. The van der Waals surface area contributed by atoms with Crippen molar-refractivity contribution in [1.29, 1.82) is 0 Å². The highest BCUT2D eigenvalue weighted by atomic mass is 16.5. The van der Waals surface area contributed by atoms with E-state index in [9.17, 15) is 4.79 Å². The molecule has 2 atom stereocenters. The van der Waals surface area contributed by atoms with E-state index in [1.807, 2.05) is 36.5 Å². The maximum absolute atomic E-state index is 12.6. The monoisotopic (exact) mass is 338 g/mol. The lowest BCUT2D eigenvalue weighted by Crippen LogP contribution is -2.40. The number of carbonyl (C=O) groups is 1. The van der Waals surface area contributed by atoms with Gasteiger partial charge in [-0.2, -0.15) is 0 Å². The van der Waals surface area contributed by atoms with Gasteiger partial charge in [0.2, 0.25) is 5.91 Å². The number of rotatable bonds is 5. The van der Waals surface area contributed by atoms with Gasteiger partial charge in [-0.3, -0.25) is 19.7 Å². The Kier molecular flexibility index (Phi) is 4.36. The van der Waals surface area contributed by atoms with Crippen LogP contribution in [0.15, 0.2) is 48.9 Å². The van der Waals surface area contributed by atoms with Crippen molar-refractivity contribution in [3.8, 4) is 5.75 Å². The Bertz CT molecular complexity index is 725. The Labute approximate surface area is 147 Å². The van der Waals surface area contributed by atoms with E-state index in [4.69, 9.17) is 4.74 Å². The largest absolute Gasteiger partial charge is 0.492 e. The van der Waals surface area contributed by atoms with E-state index >= 15 is 0 Å². The van der Waals surface area contributed by atoms with E-state index in [1.54, 1.807) is 12.4 Å². The molecule has 2 saturated heterocycles. The maximum atomic E-state index is 12.6. The molecule has 1 spiro atoms. The average Bonchev–Trinajstić information content (AvgIpc) is 3.20. The van der Waals surface area contributed by atoms with E-state index in [-0.39, 0.29) is 17.2 Å². The van der Waals surface area contributed by atoms with E-state index in [1.165, 1.54) is 0 Å². The molecule has 2 aliphatic heterocycles. The van der Waals surface area contributed by atoms with Crippen molar-refractivity contribution in [2.24, 2.45) is 11.3 Å². The predicted molar refractivity (Wildman–Crippen MR) is 92.8 cm³/mol. The predicted octanol–water partition coefficient (Wildman–Crippen LogP) is 1.49. The molecule has 4 heterocycles. The summed E-state index contributed by atoms with van der Waals surface area (Å²) in [6.07, 6.45) is 6.11. The molecule has 1 N–H and O–H groups in total. The Balaban J connectivity index is 1.42. The van der Waals surface area contributed by atoms with Crippen LogP contribution in [-0.4, -0.2) is 47.0 Å². The van der Waals surface area contributed by atoms with E-state index in [0.29, 0.717) is 13.2 Å². The first-order chi connectivity index (χ1) is 12.3. The van der Waals surface area contributed by atoms with Crippen LogP contribution in [0.3, 0.4) is 0 Å². The van der Waals surface area contributed by atoms with Crippen LogP contribution in [0.1, 0.15) is 12.1 Å². The molecule has 0 saturated carbocycles. The van der Waals surface area contributed by atoms with Gasteiger partial charge in [0.05, 0.1) is 23.9 Å². The highest BCUT2D eigenvalue weighted by Gasteiger charge is 2.54. The molecule has 130 valence electrons. The summed E-state index contributed by atoms with van der Waals surface area (Å²) in [6.45, 7) is 3.66. The van der Waals surface area contributed by atoms with Gasteiger partial charge in [-0.15, -0.1) is 0 Å². The van der Waals surface area contributed by atoms with Gasteiger partial charge < -0.3 is 10.1 Å². The zero-order valence-electron chi connectivity index (χ0n) is 14.1. The van der Waals surface area contributed by atoms with Crippen LogP contribution in [0.4, 0.5) is 0 Å². The van der Waals surface area contributed by atoms with Crippen LogP contribution in [0.5, 0.6) is 5.75 Å². The second kappa shape index (κ2) is 6.80. The van der Waals surface area contributed by atoms with Crippen molar-refractivity contribution >= 4 is 5.91 Å². The highest BCUT2D eigenvalue weighted by molar-refractivity contribution is 5.86. The molecule has 1 amide bonds. The van der Waals surface area contributed by atoms with Crippen LogP contribution >= 0.6 is 0 Å². The van der Waals surface area contributed by atoms with Gasteiger partial charge in [0.15, 0.2) is 0 Å². The molecular weight excluding hydrogens is 316 g/mol. The van der Waals surface area contributed by atoms with Crippen LogP contribution in [0, 0.1) is 11.3 Å². The number of nitrogens with one attached hydrogen (secondary N) is 1. The Hall–Kier alpha value is -2.47. The molecule has 2 aromatic heterocycles. The van der Waals surface area contributed by atoms with Gasteiger partial charge >= 0.3 is 0 Å². The molecular formula is C19H22N4O2. The minimum atomic E-state index is -0.350. The summed E-state index contributed by atoms with van der Waals surface area (Å²) in [5, 5.41) is 3.05. The number of nitrogens with zero attached hydrogens (tertiary/aromatic N) is 3. The molecule has 0 radical (unpaired) electrons. The third-order valence-corrected chi connectivity index (χ3v) is 5.32. The van der Waals surface area contributed by atoms with Crippen molar-refractivity contribution in [2.45, 2.75) is 13.0 Å². The number of pyridine rings is 2. The Morgan fingerprint density at radius 3 is 3.04 bits per heavy atom. The minimum absolute atomic E-state index is 0.163. The number of hydrogen-bond donors (Lipinski definition) is 1. The van der Waals surface area contributed by atoms with Gasteiger partial charge in [0, 0.05) is 37.9 Å². The third kappa shape index (κ3) is 3.22. The zero-order valence-corrected chi connectivity index (χ0v) is 14.1. The Morgan fingerprint density at radius 1 is 1.28 bits per heavy atom. The second-order valence-corrected chi connectivity index (χ2v) is 6.84. The Morgan fingerprint density at radius 2 is 2.24 bits per heavy atom. The van der Waals surface area contributed by atoms with Crippen LogP contribution in [-0.2, 0) is 11.3 Å². The van der Waals surface area contributed by atoms with Crippen molar-refractivity contribution in [2.75, 3.05) is 26.2 Å². The number of likely N-dealkylation sites (tertiary alicyclic amines) is 1. The van der Waals surface area contributed by atoms with E-state index in [0.717, 1.165) is 37.5 Å². The summed E-state index contributed by atoms with van der Waals surface area (Å²) in [5.74, 6) is 1.09. The lowest BCUT2D eigenvalue weighted by Gasteiger charge is -2.28. The molecule has 2 fully saturated rings. The highest BCUT2D eigenvalue weighted by Crippen LogP contribution is 2.42. The number of hydrogen-bond acceptors (Lipinski definition) is 5. The number of ether oxygens (including phenoxy) is 1. The fraction of sp³-hybridized carbons (Fsp3) is 0.421. The smallest absolute Gasteiger partial charge is 0.228 e. The van der Waals surface area contributed by atoms with Crippen molar-refractivity contribution in [3.63, 3.8) is 0 Å². The quantitative estimate of drug-likeness (QED) is 0.895. The van der Waals surface area contributed by atoms with Gasteiger partial charge in [-0.05, 0) is 37.2 Å². The van der Waals surface area contributed by atoms with E-state index in [2.05, 4.69) is 20.2 Å². The fourth-order valence-corrected chi connectivity index (χ4v) is 3.91. The number of aromatic nitrogens is 2. The molecule has 2 aromatic rings. The van der Waals surface area contributed by atoms with Gasteiger partial charge in [-0.25, -0.2) is 0 Å². The summed E-state index contributed by atoms with van der Waals surface area (Å²) in [4.78, 5) is 23.4. The van der Waals surface area contributed by atoms with Crippen molar-refractivity contribution in [3.05, 3.63) is 54.6 Å². The molecule has 2 aliphatic rings. The van der Waals surface area contributed by atoms with Crippen LogP contribution < -0.4 is 10.1 Å². The first kappa shape index (κ1) is 16.0. The molecule has 25 heavy (non-hydrogen) atoms. The van der Waals surface area contributed by atoms with Gasteiger partial charge in [0.25, 0.3) is 0 Å². The molecule has 6 nitrogen and oxygen atoms in total. The first-order valence-corrected chi connectivity index (χ1v) is 8.70. The number of carbonyl (C=O) groups excluding carboxylic acids is 1. The molecule has 0 bridgehead atoms. The molecule has 0 unspecified atom stereocenters. The standard InChI is InChI=1S/C19H22N4O2/c24-18-19(6-9-23(14-19)12-16-4-1-2-8-21-16)15(10-22-18)13-25-17-5-3-7-20-11-17/h1-5,7-8,11,15H,6,9-10,12-14H2,(H,22,24)/t15-,19+/m0/s1. The van der Waals surface area contributed by atoms with Gasteiger partial charge in [0.1, 0.15) is 5.75 Å². The number of amides is 1. The second-order valence-electron chi connectivity index (χ2n) is 6.84. The fourth-order valence-electron chi connectivity index (χ4n) is 3.91. The normalized spacial score (nSPS) is 26.1. The van der Waals surface area contributed by atoms with Crippen LogP contribution in [0.25, 0.3) is 0 Å². The van der Waals surface area contributed by atoms with Gasteiger partial charge in [-0.1, -0.05) is 6.07 Å². The molecule has 6 heteroatoms. The maximum Gasteiger partial charge on any atom is 0.228 e. The minimum Gasteiger partial charge on any atom is -0.492 e. The average molecular weight is 338 g/mol. The van der Waals surface area contributed by atoms with E-state index < -0.39 is 0 Å². The topological polar surface area (TPSA) is 67.3 Å². The van der Waals surface area contributed by atoms with Crippen LogP contribution in [0.2, 0.25) is 0 Å². The summed E-state index contributed by atoms with van der Waals surface area (Å²) in [7, 11) is 0. The lowest BCUT2D eigenvalue weighted by molar-refractivity contribution is -0.128. The summed E-state index contributed by atoms with van der Waals surface area (Å²) in [5.41, 5.74) is 0.692. The summed E-state index contributed by atoms with van der Waals surface area (Å²) in [6, 6.07) is 9.70. The van der Waals surface area contributed by atoms with Crippen molar-refractivity contribution in [1.82, 2.24) is 20.2 Å².